The SMILES string of the molecule is Cc1ccc(Nc2ncc(C(=O)Nc3c(C)cc(C)cc3Cl)cn2)cc1. The zero-order valence-electron chi connectivity index (χ0n) is 14.8. The minimum atomic E-state index is -0.305. The average molecular weight is 367 g/mol. The van der Waals surface area contributed by atoms with Crippen LogP contribution in [0.3, 0.4) is 0 Å². The van der Waals surface area contributed by atoms with Crippen LogP contribution >= 0.6 is 11.6 Å². The lowest BCUT2D eigenvalue weighted by Crippen LogP contribution is -2.14. The maximum Gasteiger partial charge on any atom is 0.258 e. The van der Waals surface area contributed by atoms with E-state index in [2.05, 4.69) is 20.6 Å². The number of nitrogens with one attached hydrogen (secondary N) is 2. The number of benzene rings is 2. The average Bonchev–Trinajstić information content (AvgIpc) is 2.60. The third-order valence-corrected chi connectivity index (χ3v) is 4.19. The van der Waals surface area contributed by atoms with E-state index in [0.29, 0.717) is 22.2 Å². The number of anilines is 3. The number of rotatable bonds is 4. The van der Waals surface area contributed by atoms with Crippen molar-refractivity contribution in [2.75, 3.05) is 10.6 Å². The molecule has 1 aromatic heterocycles. The predicted molar refractivity (Wildman–Crippen MR) is 105 cm³/mol. The molecule has 0 bridgehead atoms. The van der Waals surface area contributed by atoms with Gasteiger partial charge in [0.15, 0.2) is 0 Å². The number of aryl methyl sites for hydroxylation is 3. The first kappa shape index (κ1) is 17.9. The third kappa shape index (κ3) is 4.18. The molecule has 132 valence electrons. The molecule has 0 aliphatic carbocycles. The van der Waals surface area contributed by atoms with Gasteiger partial charge in [0.1, 0.15) is 0 Å². The van der Waals surface area contributed by atoms with Gasteiger partial charge in [-0.05, 0) is 50.1 Å². The Bertz CT molecular complexity index is 914. The second-order valence-electron chi connectivity index (χ2n) is 6.18. The van der Waals surface area contributed by atoms with E-state index < -0.39 is 0 Å². The number of nitrogens with zero attached hydrogens (tertiary/aromatic N) is 2. The molecule has 0 saturated carbocycles. The van der Waals surface area contributed by atoms with E-state index in [1.807, 2.05) is 57.2 Å². The Balaban J connectivity index is 1.72. The van der Waals surface area contributed by atoms with Crippen molar-refractivity contribution >= 4 is 34.8 Å². The summed E-state index contributed by atoms with van der Waals surface area (Å²) in [5.41, 5.74) is 4.96. The van der Waals surface area contributed by atoms with Gasteiger partial charge in [-0.3, -0.25) is 4.79 Å². The van der Waals surface area contributed by atoms with Crippen LogP contribution < -0.4 is 10.6 Å². The van der Waals surface area contributed by atoms with Crippen LogP contribution in [0, 0.1) is 20.8 Å². The van der Waals surface area contributed by atoms with E-state index in [1.165, 1.54) is 18.0 Å². The van der Waals surface area contributed by atoms with Gasteiger partial charge < -0.3 is 10.6 Å². The molecule has 2 N–H and O–H groups in total. The molecule has 26 heavy (non-hydrogen) atoms. The van der Waals surface area contributed by atoms with Gasteiger partial charge in [0.25, 0.3) is 5.91 Å². The number of hydrogen-bond acceptors (Lipinski definition) is 4. The van der Waals surface area contributed by atoms with Crippen LogP contribution in [0.5, 0.6) is 0 Å². The molecular formula is C20H19ClN4O. The molecule has 0 unspecified atom stereocenters. The van der Waals surface area contributed by atoms with Crippen LogP contribution in [-0.2, 0) is 0 Å². The molecule has 3 aromatic rings. The summed E-state index contributed by atoms with van der Waals surface area (Å²) >= 11 is 6.24. The highest BCUT2D eigenvalue weighted by Crippen LogP contribution is 2.27. The Morgan fingerprint density at radius 3 is 2.23 bits per heavy atom. The van der Waals surface area contributed by atoms with E-state index in [0.717, 1.165) is 16.8 Å². The Hall–Kier alpha value is -2.92. The van der Waals surface area contributed by atoms with Crippen LogP contribution in [0.25, 0.3) is 0 Å². The van der Waals surface area contributed by atoms with Crippen molar-refractivity contribution < 1.29 is 4.79 Å². The summed E-state index contributed by atoms with van der Waals surface area (Å²) in [6.07, 6.45) is 2.96. The van der Waals surface area contributed by atoms with Crippen molar-refractivity contribution in [3.8, 4) is 0 Å². The topological polar surface area (TPSA) is 66.9 Å². The zero-order chi connectivity index (χ0) is 18.7. The molecule has 6 heteroatoms. The first-order chi connectivity index (χ1) is 12.4. The fourth-order valence-corrected chi connectivity index (χ4v) is 2.90. The summed E-state index contributed by atoms with van der Waals surface area (Å²) in [7, 11) is 0. The van der Waals surface area contributed by atoms with E-state index in [9.17, 15) is 4.79 Å². The van der Waals surface area contributed by atoms with Gasteiger partial charge in [-0.15, -0.1) is 0 Å². The number of carbonyl (C=O) groups is 1. The number of hydrogen-bond donors (Lipinski definition) is 2. The fourth-order valence-electron chi connectivity index (χ4n) is 2.54. The number of amides is 1. The Morgan fingerprint density at radius 2 is 1.62 bits per heavy atom. The first-order valence-corrected chi connectivity index (χ1v) is 8.54. The highest BCUT2D eigenvalue weighted by atomic mass is 35.5. The summed E-state index contributed by atoms with van der Waals surface area (Å²) in [6.45, 7) is 5.88. The van der Waals surface area contributed by atoms with Crippen molar-refractivity contribution in [3.63, 3.8) is 0 Å². The fraction of sp³-hybridized carbons (Fsp3) is 0.150. The monoisotopic (exact) mass is 366 g/mol. The van der Waals surface area contributed by atoms with Crippen LogP contribution in [0.1, 0.15) is 27.0 Å². The van der Waals surface area contributed by atoms with Crippen molar-refractivity contribution in [1.82, 2.24) is 9.97 Å². The predicted octanol–water partition coefficient (Wildman–Crippen LogP) is 5.05. The highest BCUT2D eigenvalue weighted by molar-refractivity contribution is 6.34. The van der Waals surface area contributed by atoms with Gasteiger partial charge in [-0.25, -0.2) is 9.97 Å². The van der Waals surface area contributed by atoms with E-state index in [1.54, 1.807) is 0 Å². The molecule has 1 heterocycles. The summed E-state index contributed by atoms with van der Waals surface area (Å²) < 4.78 is 0. The lowest BCUT2D eigenvalue weighted by molar-refractivity contribution is 0.102. The minimum Gasteiger partial charge on any atom is -0.324 e. The van der Waals surface area contributed by atoms with Crippen molar-refractivity contribution in [3.05, 3.63) is 76.1 Å². The molecule has 0 aliphatic heterocycles. The second kappa shape index (κ2) is 7.54. The summed E-state index contributed by atoms with van der Waals surface area (Å²) in [5, 5.41) is 6.43. The van der Waals surface area contributed by atoms with Crippen molar-refractivity contribution in [2.45, 2.75) is 20.8 Å². The second-order valence-corrected chi connectivity index (χ2v) is 6.59. The van der Waals surface area contributed by atoms with Crippen LogP contribution in [-0.4, -0.2) is 15.9 Å². The van der Waals surface area contributed by atoms with Crippen LogP contribution in [0.4, 0.5) is 17.3 Å². The Kier molecular flexibility index (Phi) is 5.19. The van der Waals surface area contributed by atoms with E-state index in [-0.39, 0.29) is 5.91 Å². The maximum absolute atomic E-state index is 12.4. The Morgan fingerprint density at radius 1 is 0.962 bits per heavy atom. The van der Waals surface area contributed by atoms with Gasteiger partial charge in [0.2, 0.25) is 5.95 Å². The maximum atomic E-state index is 12.4. The van der Waals surface area contributed by atoms with Gasteiger partial charge >= 0.3 is 0 Å². The van der Waals surface area contributed by atoms with Crippen LogP contribution in [0.15, 0.2) is 48.8 Å². The Labute approximate surface area is 157 Å². The standard InChI is InChI=1S/C20H19ClN4O/c1-12-4-6-16(7-5-12)24-20-22-10-15(11-23-20)19(26)25-18-14(3)8-13(2)9-17(18)21/h4-11H,1-3H3,(H,25,26)(H,22,23,24). The molecule has 3 rings (SSSR count). The molecule has 0 aliphatic rings. The number of halogens is 1. The minimum absolute atomic E-state index is 0.305. The quantitative estimate of drug-likeness (QED) is 0.678. The van der Waals surface area contributed by atoms with Gasteiger partial charge in [-0.1, -0.05) is 35.4 Å². The first-order valence-electron chi connectivity index (χ1n) is 8.16. The molecule has 0 atom stereocenters. The van der Waals surface area contributed by atoms with Gasteiger partial charge in [0.05, 0.1) is 16.3 Å². The van der Waals surface area contributed by atoms with E-state index >= 15 is 0 Å². The van der Waals surface area contributed by atoms with Crippen LogP contribution in [0.2, 0.25) is 5.02 Å². The zero-order valence-corrected chi connectivity index (χ0v) is 15.6. The summed E-state index contributed by atoms with van der Waals surface area (Å²) in [6, 6.07) is 11.7. The largest absolute Gasteiger partial charge is 0.324 e. The highest BCUT2D eigenvalue weighted by Gasteiger charge is 2.12. The molecular weight excluding hydrogens is 348 g/mol. The van der Waals surface area contributed by atoms with Crippen molar-refractivity contribution in [1.29, 1.82) is 0 Å². The summed E-state index contributed by atoms with van der Waals surface area (Å²) in [4.78, 5) is 20.8. The molecule has 0 radical (unpaired) electrons. The van der Waals surface area contributed by atoms with Gasteiger partial charge in [0, 0.05) is 18.1 Å². The number of aromatic nitrogens is 2. The lowest BCUT2D eigenvalue weighted by Gasteiger charge is -2.11. The molecule has 5 nitrogen and oxygen atoms in total. The molecule has 0 spiro atoms. The van der Waals surface area contributed by atoms with E-state index in [4.69, 9.17) is 11.6 Å². The number of carbonyl (C=O) groups excluding carboxylic acids is 1. The van der Waals surface area contributed by atoms with Gasteiger partial charge in [-0.2, -0.15) is 0 Å². The molecule has 0 saturated heterocycles. The normalized spacial score (nSPS) is 10.5. The smallest absolute Gasteiger partial charge is 0.258 e. The molecule has 2 aromatic carbocycles. The lowest BCUT2D eigenvalue weighted by atomic mass is 10.1. The molecule has 0 fully saturated rings. The third-order valence-electron chi connectivity index (χ3n) is 3.89. The molecule has 1 amide bonds. The summed E-state index contributed by atoms with van der Waals surface area (Å²) in [5.74, 6) is 0.121. The van der Waals surface area contributed by atoms with Crippen molar-refractivity contribution in [2.24, 2.45) is 0 Å².